The number of benzene rings is 2. The molecule has 1 aliphatic rings. The Morgan fingerprint density at radius 3 is 2.54 bits per heavy atom. The quantitative estimate of drug-likeness (QED) is 0.764. The van der Waals surface area contributed by atoms with Gasteiger partial charge in [0.2, 0.25) is 0 Å². The van der Waals surface area contributed by atoms with Crippen molar-refractivity contribution >= 4 is 17.4 Å². The Kier molecular flexibility index (Phi) is 3.71. The molecule has 2 aromatic carbocycles. The molecule has 118 valence electrons. The number of amides is 2. The Labute approximate surface area is 140 Å². The van der Waals surface area contributed by atoms with Gasteiger partial charge in [-0.25, -0.2) is 4.79 Å². The van der Waals surface area contributed by atoms with E-state index in [9.17, 15) is 4.79 Å². The van der Waals surface area contributed by atoms with Gasteiger partial charge in [0.05, 0.1) is 0 Å². The average Bonchev–Trinajstić information content (AvgIpc) is 3.06. The predicted octanol–water partition coefficient (Wildman–Crippen LogP) is 4.34. The van der Waals surface area contributed by atoms with Crippen LogP contribution in [0.2, 0.25) is 0 Å². The van der Waals surface area contributed by atoms with Gasteiger partial charge in [0.15, 0.2) is 0 Å². The first-order valence-corrected chi connectivity index (χ1v) is 7.98. The second-order valence-corrected chi connectivity index (χ2v) is 5.78. The summed E-state index contributed by atoms with van der Waals surface area (Å²) >= 11 is 0. The number of nitrogens with one attached hydrogen (secondary N) is 1. The molecule has 2 amide bonds. The third-order valence-electron chi connectivity index (χ3n) is 4.26. The molecule has 4 rings (SSSR count). The average molecular weight is 315 g/mol. The van der Waals surface area contributed by atoms with Gasteiger partial charge in [-0.15, -0.1) is 0 Å². The largest absolute Gasteiger partial charge is 0.326 e. The zero-order chi connectivity index (χ0) is 16.4. The van der Waals surface area contributed by atoms with E-state index >= 15 is 0 Å². The van der Waals surface area contributed by atoms with Crippen LogP contribution in [0, 0.1) is 0 Å². The van der Waals surface area contributed by atoms with E-state index in [0.29, 0.717) is 6.54 Å². The molecule has 3 aromatic rings. The van der Waals surface area contributed by atoms with Crippen LogP contribution < -0.4 is 10.2 Å². The summed E-state index contributed by atoms with van der Waals surface area (Å²) in [5, 5.41) is 2.95. The highest BCUT2D eigenvalue weighted by Crippen LogP contribution is 2.32. The Morgan fingerprint density at radius 2 is 1.75 bits per heavy atom. The second-order valence-electron chi connectivity index (χ2n) is 5.78. The smallest absolute Gasteiger partial charge is 0.308 e. The Morgan fingerprint density at radius 1 is 0.958 bits per heavy atom. The molecule has 0 fully saturated rings. The van der Waals surface area contributed by atoms with Crippen LogP contribution in [-0.4, -0.2) is 17.6 Å². The molecule has 24 heavy (non-hydrogen) atoms. The number of fused-ring (bicyclic) bond motifs is 1. The van der Waals surface area contributed by atoms with Crippen LogP contribution in [0.15, 0.2) is 73.1 Å². The molecule has 0 unspecified atom stereocenters. The molecule has 0 aliphatic carbocycles. The summed E-state index contributed by atoms with van der Waals surface area (Å²) in [7, 11) is 0. The molecule has 1 aromatic heterocycles. The van der Waals surface area contributed by atoms with E-state index in [2.05, 4.69) is 22.4 Å². The lowest BCUT2D eigenvalue weighted by Crippen LogP contribution is -2.33. The highest BCUT2D eigenvalue weighted by molar-refractivity contribution is 6.03. The van der Waals surface area contributed by atoms with Crippen molar-refractivity contribution in [3.05, 3.63) is 78.6 Å². The molecule has 0 saturated heterocycles. The van der Waals surface area contributed by atoms with Gasteiger partial charge in [-0.2, -0.15) is 0 Å². The molecule has 0 bridgehead atoms. The summed E-state index contributed by atoms with van der Waals surface area (Å²) in [5.74, 6) is 0. The Balaban J connectivity index is 1.57. The van der Waals surface area contributed by atoms with Crippen molar-refractivity contribution in [2.75, 3.05) is 16.8 Å². The van der Waals surface area contributed by atoms with E-state index in [1.165, 1.54) is 5.56 Å². The van der Waals surface area contributed by atoms with Gasteiger partial charge in [-0.3, -0.25) is 9.88 Å². The molecular formula is C20H17N3O. The van der Waals surface area contributed by atoms with Gasteiger partial charge in [0.1, 0.15) is 0 Å². The molecule has 0 spiro atoms. The van der Waals surface area contributed by atoms with Crippen molar-refractivity contribution in [3.8, 4) is 11.1 Å². The van der Waals surface area contributed by atoms with Crippen molar-refractivity contribution < 1.29 is 4.79 Å². The van der Waals surface area contributed by atoms with Crippen LogP contribution >= 0.6 is 0 Å². The summed E-state index contributed by atoms with van der Waals surface area (Å²) in [5.41, 5.74) is 5.29. The third-order valence-corrected chi connectivity index (χ3v) is 4.26. The number of urea groups is 1. The van der Waals surface area contributed by atoms with Crippen LogP contribution in [0.5, 0.6) is 0 Å². The number of rotatable bonds is 2. The van der Waals surface area contributed by atoms with Crippen LogP contribution in [-0.2, 0) is 6.42 Å². The number of carbonyl (C=O) groups is 1. The van der Waals surface area contributed by atoms with Crippen LogP contribution in [0.3, 0.4) is 0 Å². The number of hydrogen-bond donors (Lipinski definition) is 1. The predicted molar refractivity (Wildman–Crippen MR) is 96.2 cm³/mol. The minimum atomic E-state index is -0.0865. The third kappa shape index (κ3) is 2.74. The van der Waals surface area contributed by atoms with Gasteiger partial charge in [0, 0.05) is 30.3 Å². The lowest BCUT2D eigenvalue weighted by atomic mass is 10.0. The summed E-state index contributed by atoms with van der Waals surface area (Å²) in [4.78, 5) is 18.4. The molecule has 1 N–H and O–H groups in total. The standard InChI is InChI=1S/C20H17N3O/c24-20(22-18-4-2-1-3-5-18)23-13-10-17-14-16(6-7-19(17)23)15-8-11-21-12-9-15/h1-9,11-12,14H,10,13H2,(H,22,24). The Hall–Kier alpha value is -3.14. The van der Waals surface area contributed by atoms with E-state index in [-0.39, 0.29) is 6.03 Å². The van der Waals surface area contributed by atoms with Crippen LogP contribution in [0.1, 0.15) is 5.56 Å². The second kappa shape index (κ2) is 6.16. The summed E-state index contributed by atoms with van der Waals surface area (Å²) in [6, 6.07) is 19.7. The van der Waals surface area contributed by atoms with E-state index in [1.807, 2.05) is 48.5 Å². The molecular weight excluding hydrogens is 298 g/mol. The fraction of sp³-hybridized carbons (Fsp3) is 0.100. The summed E-state index contributed by atoms with van der Waals surface area (Å²) in [6.07, 6.45) is 4.46. The first kappa shape index (κ1) is 14.5. The highest BCUT2D eigenvalue weighted by Gasteiger charge is 2.24. The van der Waals surface area contributed by atoms with Gasteiger partial charge in [-0.05, 0) is 59.5 Å². The van der Waals surface area contributed by atoms with Gasteiger partial charge < -0.3 is 5.32 Å². The number of carbonyl (C=O) groups excluding carboxylic acids is 1. The number of anilines is 2. The molecule has 1 aliphatic heterocycles. The Bertz CT molecular complexity index is 863. The van der Waals surface area contributed by atoms with E-state index in [0.717, 1.165) is 28.9 Å². The number of nitrogens with zero attached hydrogens (tertiary/aromatic N) is 2. The molecule has 4 nitrogen and oxygen atoms in total. The molecule has 0 saturated carbocycles. The van der Waals surface area contributed by atoms with E-state index in [4.69, 9.17) is 0 Å². The van der Waals surface area contributed by atoms with Crippen molar-refractivity contribution in [3.63, 3.8) is 0 Å². The lowest BCUT2D eigenvalue weighted by molar-refractivity contribution is 0.257. The normalized spacial score (nSPS) is 12.8. The van der Waals surface area contributed by atoms with Gasteiger partial charge in [-0.1, -0.05) is 24.3 Å². The van der Waals surface area contributed by atoms with Gasteiger partial charge in [0.25, 0.3) is 0 Å². The fourth-order valence-corrected chi connectivity index (χ4v) is 3.05. The van der Waals surface area contributed by atoms with Crippen molar-refractivity contribution in [2.24, 2.45) is 0 Å². The zero-order valence-corrected chi connectivity index (χ0v) is 13.1. The van der Waals surface area contributed by atoms with E-state index < -0.39 is 0 Å². The van der Waals surface area contributed by atoms with Crippen LogP contribution in [0.25, 0.3) is 11.1 Å². The molecule has 4 heteroatoms. The number of pyridine rings is 1. The maximum absolute atomic E-state index is 12.5. The monoisotopic (exact) mass is 315 g/mol. The van der Waals surface area contributed by atoms with Gasteiger partial charge >= 0.3 is 6.03 Å². The topological polar surface area (TPSA) is 45.2 Å². The molecule has 0 radical (unpaired) electrons. The van der Waals surface area contributed by atoms with Crippen molar-refractivity contribution in [1.29, 1.82) is 0 Å². The van der Waals surface area contributed by atoms with Crippen molar-refractivity contribution in [2.45, 2.75) is 6.42 Å². The minimum Gasteiger partial charge on any atom is -0.308 e. The first-order chi connectivity index (χ1) is 11.8. The van der Waals surface area contributed by atoms with E-state index in [1.54, 1.807) is 17.3 Å². The minimum absolute atomic E-state index is 0.0865. The van der Waals surface area contributed by atoms with Crippen LogP contribution in [0.4, 0.5) is 16.2 Å². The highest BCUT2D eigenvalue weighted by atomic mass is 16.2. The summed E-state index contributed by atoms with van der Waals surface area (Å²) in [6.45, 7) is 0.702. The zero-order valence-electron chi connectivity index (χ0n) is 13.1. The first-order valence-electron chi connectivity index (χ1n) is 7.98. The molecule has 2 heterocycles. The number of hydrogen-bond acceptors (Lipinski definition) is 2. The number of aromatic nitrogens is 1. The maximum Gasteiger partial charge on any atom is 0.326 e. The number of para-hydroxylation sites is 1. The molecule has 0 atom stereocenters. The maximum atomic E-state index is 12.5. The summed E-state index contributed by atoms with van der Waals surface area (Å²) < 4.78 is 0. The SMILES string of the molecule is O=C(Nc1ccccc1)N1CCc2cc(-c3ccncc3)ccc21. The lowest BCUT2D eigenvalue weighted by Gasteiger charge is -2.18. The van der Waals surface area contributed by atoms with Crippen molar-refractivity contribution in [1.82, 2.24) is 4.98 Å². The fourth-order valence-electron chi connectivity index (χ4n) is 3.05.